The van der Waals surface area contributed by atoms with Gasteiger partial charge < -0.3 is 10.1 Å². The van der Waals surface area contributed by atoms with E-state index in [0.29, 0.717) is 24.8 Å². The molecule has 0 bridgehead atoms. The van der Waals surface area contributed by atoms with Gasteiger partial charge in [0.1, 0.15) is 0 Å². The molecule has 0 spiro atoms. The van der Waals surface area contributed by atoms with Gasteiger partial charge in [-0.15, -0.1) is 11.6 Å². The zero-order chi connectivity index (χ0) is 11.1. The predicted molar refractivity (Wildman–Crippen MR) is 61.1 cm³/mol. The molecule has 0 aromatic carbocycles. The Bertz CT molecular complexity index is 193. The molecule has 88 valence electrons. The fraction of sp³-hybridized carbons (Fsp3) is 0.909. The number of carbonyl (C=O) groups is 1. The molecule has 1 fully saturated rings. The van der Waals surface area contributed by atoms with Gasteiger partial charge in [-0.3, -0.25) is 4.79 Å². The average molecular weight is 234 g/mol. The Labute approximate surface area is 96.5 Å². The molecule has 1 aliphatic carbocycles. The van der Waals surface area contributed by atoms with Gasteiger partial charge in [0.2, 0.25) is 5.91 Å². The van der Waals surface area contributed by atoms with Crippen molar-refractivity contribution in [1.29, 1.82) is 0 Å². The second-order valence-corrected chi connectivity index (χ2v) is 4.54. The summed E-state index contributed by atoms with van der Waals surface area (Å²) in [7, 11) is 1.61. The van der Waals surface area contributed by atoms with Gasteiger partial charge in [-0.1, -0.05) is 12.8 Å². The third kappa shape index (κ3) is 4.85. The molecular formula is C11H20ClNO2. The van der Waals surface area contributed by atoms with Crippen molar-refractivity contribution in [3.63, 3.8) is 0 Å². The van der Waals surface area contributed by atoms with Crippen LogP contribution in [-0.2, 0) is 9.53 Å². The summed E-state index contributed by atoms with van der Waals surface area (Å²) < 4.78 is 4.97. The molecule has 1 unspecified atom stereocenters. The molecule has 1 aliphatic rings. The van der Waals surface area contributed by atoms with E-state index in [1.54, 1.807) is 7.11 Å². The van der Waals surface area contributed by atoms with E-state index in [1.165, 1.54) is 25.7 Å². The lowest BCUT2D eigenvalue weighted by molar-refractivity contribution is -0.122. The number of methoxy groups -OCH3 is 1. The Balaban J connectivity index is 2.20. The predicted octanol–water partition coefficient (Wildman–Crippen LogP) is 1.94. The Morgan fingerprint density at radius 3 is 2.73 bits per heavy atom. The van der Waals surface area contributed by atoms with E-state index in [9.17, 15) is 4.79 Å². The molecule has 1 N–H and O–H groups in total. The lowest BCUT2D eigenvalue weighted by Gasteiger charge is -2.16. The van der Waals surface area contributed by atoms with E-state index in [2.05, 4.69) is 5.32 Å². The van der Waals surface area contributed by atoms with Crippen LogP contribution in [0.15, 0.2) is 0 Å². The van der Waals surface area contributed by atoms with Crippen LogP contribution in [0.1, 0.15) is 32.1 Å². The number of nitrogens with one attached hydrogen (secondary N) is 1. The molecule has 0 aromatic heterocycles. The zero-order valence-corrected chi connectivity index (χ0v) is 10.1. The molecule has 1 atom stereocenters. The van der Waals surface area contributed by atoms with Crippen LogP contribution in [-0.4, -0.2) is 31.5 Å². The van der Waals surface area contributed by atoms with Gasteiger partial charge in [0, 0.05) is 19.4 Å². The van der Waals surface area contributed by atoms with E-state index < -0.39 is 0 Å². The van der Waals surface area contributed by atoms with Gasteiger partial charge in [-0.25, -0.2) is 0 Å². The van der Waals surface area contributed by atoms with Crippen LogP contribution < -0.4 is 5.32 Å². The minimum atomic E-state index is -0.0504. The largest absolute Gasteiger partial charge is 0.383 e. The quantitative estimate of drug-likeness (QED) is 0.712. The van der Waals surface area contributed by atoms with Crippen LogP contribution in [0.25, 0.3) is 0 Å². The molecule has 1 amide bonds. The van der Waals surface area contributed by atoms with Crippen LogP contribution in [0.2, 0.25) is 0 Å². The van der Waals surface area contributed by atoms with Crippen molar-refractivity contribution >= 4 is 17.5 Å². The van der Waals surface area contributed by atoms with Gasteiger partial charge in [0.05, 0.1) is 12.6 Å². The topological polar surface area (TPSA) is 38.3 Å². The van der Waals surface area contributed by atoms with E-state index in [0.717, 1.165) is 0 Å². The van der Waals surface area contributed by atoms with E-state index in [1.807, 2.05) is 0 Å². The molecule has 4 heteroatoms. The zero-order valence-electron chi connectivity index (χ0n) is 9.30. The summed E-state index contributed by atoms with van der Waals surface area (Å²) in [6.45, 7) is 0.486. The van der Waals surface area contributed by atoms with Gasteiger partial charge in [0.15, 0.2) is 0 Å². The molecule has 15 heavy (non-hydrogen) atoms. The van der Waals surface area contributed by atoms with Crippen LogP contribution >= 0.6 is 11.6 Å². The lowest BCUT2D eigenvalue weighted by Crippen LogP contribution is -2.39. The first-order chi connectivity index (χ1) is 7.26. The molecule has 0 aromatic rings. The second-order valence-electron chi connectivity index (χ2n) is 4.23. The minimum Gasteiger partial charge on any atom is -0.383 e. The summed E-state index contributed by atoms with van der Waals surface area (Å²) in [4.78, 5) is 11.6. The number of amides is 1. The van der Waals surface area contributed by atoms with E-state index >= 15 is 0 Å². The van der Waals surface area contributed by atoms with Gasteiger partial charge >= 0.3 is 0 Å². The monoisotopic (exact) mass is 233 g/mol. The standard InChI is InChI=1S/C11H20ClNO2/c1-15-8-10(7-12)13-11(14)6-9-4-2-3-5-9/h9-10H,2-8H2,1H3,(H,13,14). The Morgan fingerprint density at radius 1 is 1.53 bits per heavy atom. The maximum atomic E-state index is 11.6. The second kappa shape index (κ2) is 7.07. The summed E-state index contributed by atoms with van der Waals surface area (Å²) in [6, 6.07) is -0.0504. The van der Waals surface area contributed by atoms with Crippen LogP contribution in [0, 0.1) is 5.92 Å². The van der Waals surface area contributed by atoms with Crippen molar-refractivity contribution in [3.05, 3.63) is 0 Å². The Kier molecular flexibility index (Phi) is 6.03. The summed E-state index contributed by atoms with van der Waals surface area (Å²) >= 11 is 5.71. The number of ether oxygens (including phenoxy) is 1. The van der Waals surface area contributed by atoms with Crippen molar-refractivity contribution in [2.45, 2.75) is 38.1 Å². The molecule has 1 saturated carbocycles. The average Bonchev–Trinajstić information content (AvgIpc) is 2.69. The van der Waals surface area contributed by atoms with Crippen molar-refractivity contribution < 1.29 is 9.53 Å². The van der Waals surface area contributed by atoms with Crippen LogP contribution in [0.5, 0.6) is 0 Å². The van der Waals surface area contributed by atoms with Crippen LogP contribution in [0.4, 0.5) is 0 Å². The molecule has 0 aliphatic heterocycles. The highest BCUT2D eigenvalue weighted by Crippen LogP contribution is 2.27. The third-order valence-corrected chi connectivity index (χ3v) is 3.24. The highest BCUT2D eigenvalue weighted by atomic mass is 35.5. The highest BCUT2D eigenvalue weighted by molar-refractivity contribution is 6.18. The maximum absolute atomic E-state index is 11.6. The van der Waals surface area contributed by atoms with Crippen molar-refractivity contribution in [1.82, 2.24) is 5.32 Å². The number of hydrogen-bond acceptors (Lipinski definition) is 2. The Hall–Kier alpha value is -0.280. The van der Waals surface area contributed by atoms with Gasteiger partial charge in [-0.2, -0.15) is 0 Å². The van der Waals surface area contributed by atoms with E-state index in [-0.39, 0.29) is 11.9 Å². The minimum absolute atomic E-state index is 0.0504. The summed E-state index contributed by atoms with van der Waals surface area (Å²) in [5.41, 5.74) is 0. The van der Waals surface area contributed by atoms with Gasteiger partial charge in [-0.05, 0) is 18.8 Å². The SMILES string of the molecule is COCC(CCl)NC(=O)CC1CCCC1. The molecular weight excluding hydrogens is 214 g/mol. The van der Waals surface area contributed by atoms with Crippen molar-refractivity contribution in [3.8, 4) is 0 Å². The fourth-order valence-corrected chi connectivity index (χ4v) is 2.26. The number of halogens is 1. The Morgan fingerprint density at radius 2 is 2.20 bits per heavy atom. The number of hydrogen-bond donors (Lipinski definition) is 1. The normalized spacial score (nSPS) is 19.1. The first-order valence-electron chi connectivity index (χ1n) is 5.60. The van der Waals surface area contributed by atoms with E-state index in [4.69, 9.17) is 16.3 Å². The first-order valence-corrected chi connectivity index (χ1v) is 6.14. The number of rotatable bonds is 6. The highest BCUT2D eigenvalue weighted by Gasteiger charge is 2.19. The molecule has 1 rings (SSSR count). The maximum Gasteiger partial charge on any atom is 0.220 e. The molecule has 3 nitrogen and oxygen atoms in total. The van der Waals surface area contributed by atoms with Crippen LogP contribution in [0.3, 0.4) is 0 Å². The summed E-state index contributed by atoms with van der Waals surface area (Å²) in [5.74, 6) is 1.11. The summed E-state index contributed by atoms with van der Waals surface area (Å²) in [6.07, 6.45) is 5.59. The molecule has 0 radical (unpaired) electrons. The summed E-state index contributed by atoms with van der Waals surface area (Å²) in [5, 5.41) is 2.90. The molecule has 0 saturated heterocycles. The van der Waals surface area contributed by atoms with Crippen molar-refractivity contribution in [2.24, 2.45) is 5.92 Å². The fourth-order valence-electron chi connectivity index (χ4n) is 2.09. The number of alkyl halides is 1. The van der Waals surface area contributed by atoms with Gasteiger partial charge in [0.25, 0.3) is 0 Å². The smallest absolute Gasteiger partial charge is 0.220 e. The third-order valence-electron chi connectivity index (χ3n) is 2.87. The van der Waals surface area contributed by atoms with Crippen molar-refractivity contribution in [2.75, 3.05) is 19.6 Å². The molecule has 0 heterocycles. The number of carbonyl (C=O) groups excluding carboxylic acids is 1. The first kappa shape index (κ1) is 12.8. The lowest BCUT2D eigenvalue weighted by atomic mass is 10.0.